The van der Waals surface area contributed by atoms with Crippen LogP contribution in [0.25, 0.3) is 0 Å². The van der Waals surface area contributed by atoms with Gasteiger partial charge in [-0.05, 0) is 32.5 Å². The largest absolute Gasteiger partial charge is 0.492 e. The van der Waals surface area contributed by atoms with Gasteiger partial charge < -0.3 is 10.1 Å². The number of para-hydroxylation sites is 1. The van der Waals surface area contributed by atoms with Crippen molar-refractivity contribution in [2.75, 3.05) is 32.1 Å². The van der Waals surface area contributed by atoms with Crippen LogP contribution < -0.4 is 10.1 Å². The van der Waals surface area contributed by atoms with Crippen molar-refractivity contribution in [1.29, 1.82) is 0 Å². The molecular formula is C16H21N3O2S. The van der Waals surface area contributed by atoms with Crippen molar-refractivity contribution in [2.24, 2.45) is 0 Å². The van der Waals surface area contributed by atoms with Crippen LogP contribution in [0.2, 0.25) is 0 Å². The molecule has 2 rings (SSSR count). The first kappa shape index (κ1) is 16.5. The van der Waals surface area contributed by atoms with Crippen LogP contribution in [-0.4, -0.2) is 42.5 Å². The molecule has 0 radical (unpaired) electrons. The zero-order chi connectivity index (χ0) is 15.9. The Bertz CT molecular complexity index is 627. The average Bonchev–Trinajstić information content (AvgIpc) is 2.86. The minimum atomic E-state index is -0.0623. The second-order valence-electron chi connectivity index (χ2n) is 5.19. The maximum absolute atomic E-state index is 11.9. The van der Waals surface area contributed by atoms with E-state index in [1.807, 2.05) is 55.4 Å². The third-order valence-corrected chi connectivity index (χ3v) is 3.98. The highest BCUT2D eigenvalue weighted by atomic mass is 32.1. The van der Waals surface area contributed by atoms with Crippen molar-refractivity contribution < 1.29 is 9.53 Å². The topological polar surface area (TPSA) is 54.5 Å². The lowest BCUT2D eigenvalue weighted by Crippen LogP contribution is -2.33. The standard InChI is InChI=1S/C16H21N3O2S/c1-12-6-4-5-7-14(12)21-9-8-19(3)10-15(20)18-16-17-13(2)11-22-16/h4-7,11H,8-10H2,1-3H3,(H,17,18,20). The Morgan fingerprint density at radius 2 is 2.14 bits per heavy atom. The maximum Gasteiger partial charge on any atom is 0.240 e. The first-order valence-electron chi connectivity index (χ1n) is 7.13. The van der Waals surface area contributed by atoms with E-state index in [9.17, 15) is 4.79 Å². The molecule has 0 aliphatic rings. The zero-order valence-corrected chi connectivity index (χ0v) is 13.9. The molecule has 0 spiro atoms. The predicted molar refractivity (Wildman–Crippen MR) is 89.7 cm³/mol. The molecule has 6 heteroatoms. The fourth-order valence-corrected chi connectivity index (χ4v) is 2.63. The fraction of sp³-hybridized carbons (Fsp3) is 0.375. The number of aromatic nitrogens is 1. The molecule has 1 heterocycles. The van der Waals surface area contributed by atoms with E-state index >= 15 is 0 Å². The van der Waals surface area contributed by atoms with Gasteiger partial charge in [0.15, 0.2) is 5.13 Å². The first-order valence-corrected chi connectivity index (χ1v) is 8.01. The van der Waals surface area contributed by atoms with Gasteiger partial charge in [-0.2, -0.15) is 0 Å². The van der Waals surface area contributed by atoms with Crippen molar-refractivity contribution >= 4 is 22.4 Å². The van der Waals surface area contributed by atoms with E-state index in [2.05, 4.69) is 10.3 Å². The van der Waals surface area contributed by atoms with Crippen molar-refractivity contribution in [2.45, 2.75) is 13.8 Å². The Labute approximate surface area is 134 Å². The third-order valence-electron chi connectivity index (χ3n) is 3.10. The Morgan fingerprint density at radius 3 is 2.82 bits per heavy atom. The lowest BCUT2D eigenvalue weighted by atomic mass is 10.2. The summed E-state index contributed by atoms with van der Waals surface area (Å²) in [4.78, 5) is 18.0. The van der Waals surface area contributed by atoms with Gasteiger partial charge in [0.25, 0.3) is 0 Å². The molecule has 0 unspecified atom stereocenters. The minimum absolute atomic E-state index is 0.0623. The van der Waals surface area contributed by atoms with Gasteiger partial charge in [0.2, 0.25) is 5.91 Å². The molecular weight excluding hydrogens is 298 g/mol. The van der Waals surface area contributed by atoms with Gasteiger partial charge in [-0.1, -0.05) is 18.2 Å². The minimum Gasteiger partial charge on any atom is -0.492 e. The van der Waals surface area contributed by atoms with Gasteiger partial charge in [-0.25, -0.2) is 4.98 Å². The Kier molecular flexibility index (Phi) is 5.91. The number of benzene rings is 1. The van der Waals surface area contributed by atoms with E-state index in [1.54, 1.807) is 0 Å². The van der Waals surface area contributed by atoms with Crippen LogP contribution in [-0.2, 0) is 4.79 Å². The highest BCUT2D eigenvalue weighted by Crippen LogP contribution is 2.16. The number of anilines is 1. The van der Waals surface area contributed by atoms with Gasteiger partial charge in [0, 0.05) is 11.9 Å². The maximum atomic E-state index is 11.9. The predicted octanol–water partition coefficient (Wildman–Crippen LogP) is 2.71. The molecule has 1 N–H and O–H groups in total. The second-order valence-corrected chi connectivity index (χ2v) is 6.05. The van der Waals surface area contributed by atoms with Gasteiger partial charge >= 0.3 is 0 Å². The smallest absolute Gasteiger partial charge is 0.240 e. The van der Waals surface area contributed by atoms with E-state index < -0.39 is 0 Å². The number of hydrogen-bond acceptors (Lipinski definition) is 5. The van der Waals surface area contributed by atoms with Gasteiger partial charge in [0.1, 0.15) is 12.4 Å². The Hall–Kier alpha value is -1.92. The zero-order valence-electron chi connectivity index (χ0n) is 13.1. The number of rotatable bonds is 7. The molecule has 22 heavy (non-hydrogen) atoms. The number of likely N-dealkylation sites (N-methyl/N-ethyl adjacent to an activating group) is 1. The number of amides is 1. The monoisotopic (exact) mass is 319 g/mol. The summed E-state index contributed by atoms with van der Waals surface area (Å²) in [5, 5.41) is 5.35. The van der Waals surface area contributed by atoms with Gasteiger partial charge in [0.05, 0.1) is 12.2 Å². The number of thiazole rings is 1. The number of carbonyl (C=O) groups is 1. The molecule has 0 atom stereocenters. The lowest BCUT2D eigenvalue weighted by Gasteiger charge is -2.16. The van der Waals surface area contributed by atoms with Crippen molar-refractivity contribution in [1.82, 2.24) is 9.88 Å². The second kappa shape index (κ2) is 7.91. The molecule has 1 amide bonds. The van der Waals surface area contributed by atoms with Crippen LogP contribution in [0, 0.1) is 13.8 Å². The number of aryl methyl sites for hydroxylation is 2. The van der Waals surface area contributed by atoms with Crippen LogP contribution in [0.15, 0.2) is 29.6 Å². The summed E-state index contributed by atoms with van der Waals surface area (Å²) in [5.41, 5.74) is 2.03. The molecule has 2 aromatic rings. The average molecular weight is 319 g/mol. The van der Waals surface area contributed by atoms with E-state index in [-0.39, 0.29) is 5.91 Å². The summed E-state index contributed by atoms with van der Waals surface area (Å²) in [7, 11) is 1.90. The molecule has 0 aliphatic heterocycles. The quantitative estimate of drug-likeness (QED) is 0.852. The highest BCUT2D eigenvalue weighted by Gasteiger charge is 2.09. The number of hydrogen-bond donors (Lipinski definition) is 1. The summed E-state index contributed by atoms with van der Waals surface area (Å²) in [6.45, 7) is 5.46. The van der Waals surface area contributed by atoms with Crippen LogP contribution in [0.1, 0.15) is 11.3 Å². The molecule has 0 fully saturated rings. The van der Waals surface area contributed by atoms with Crippen LogP contribution in [0.5, 0.6) is 5.75 Å². The van der Waals surface area contributed by atoms with E-state index in [1.165, 1.54) is 11.3 Å². The van der Waals surface area contributed by atoms with E-state index in [4.69, 9.17) is 4.74 Å². The number of nitrogens with zero attached hydrogens (tertiary/aromatic N) is 2. The number of ether oxygens (including phenoxy) is 1. The van der Waals surface area contributed by atoms with Crippen molar-refractivity contribution in [3.05, 3.63) is 40.9 Å². The molecule has 0 saturated heterocycles. The van der Waals surface area contributed by atoms with Gasteiger partial charge in [-0.3, -0.25) is 9.69 Å². The van der Waals surface area contributed by atoms with E-state index in [0.29, 0.717) is 24.8 Å². The number of nitrogens with one attached hydrogen (secondary N) is 1. The highest BCUT2D eigenvalue weighted by molar-refractivity contribution is 7.13. The molecule has 5 nitrogen and oxygen atoms in total. The van der Waals surface area contributed by atoms with Crippen molar-refractivity contribution in [3.63, 3.8) is 0 Å². The third kappa shape index (κ3) is 5.13. The SMILES string of the molecule is Cc1csc(NC(=O)CN(C)CCOc2ccccc2C)n1. The Morgan fingerprint density at radius 1 is 1.36 bits per heavy atom. The first-order chi connectivity index (χ1) is 10.5. The van der Waals surface area contributed by atoms with Crippen molar-refractivity contribution in [3.8, 4) is 5.75 Å². The van der Waals surface area contributed by atoms with Crippen LogP contribution >= 0.6 is 11.3 Å². The molecule has 1 aromatic carbocycles. The summed E-state index contributed by atoms with van der Waals surface area (Å²) in [6.07, 6.45) is 0. The molecule has 118 valence electrons. The molecule has 1 aromatic heterocycles. The summed E-state index contributed by atoms with van der Waals surface area (Å²) < 4.78 is 5.73. The Balaban J connectivity index is 1.70. The molecule has 0 saturated carbocycles. The summed E-state index contributed by atoms with van der Waals surface area (Å²) in [6, 6.07) is 7.91. The van der Waals surface area contributed by atoms with Crippen LogP contribution in [0.4, 0.5) is 5.13 Å². The van der Waals surface area contributed by atoms with Crippen LogP contribution in [0.3, 0.4) is 0 Å². The summed E-state index contributed by atoms with van der Waals surface area (Å²) >= 11 is 1.44. The van der Waals surface area contributed by atoms with Gasteiger partial charge in [-0.15, -0.1) is 11.3 Å². The summed E-state index contributed by atoms with van der Waals surface area (Å²) in [5.74, 6) is 0.825. The lowest BCUT2D eigenvalue weighted by molar-refractivity contribution is -0.117. The molecule has 0 bridgehead atoms. The number of carbonyl (C=O) groups excluding carboxylic acids is 1. The molecule has 0 aliphatic carbocycles. The van der Waals surface area contributed by atoms with E-state index in [0.717, 1.165) is 17.0 Å². The fourth-order valence-electron chi connectivity index (χ4n) is 1.92. The normalized spacial score (nSPS) is 10.7.